The highest BCUT2D eigenvalue weighted by atomic mass is 16.5. The van der Waals surface area contributed by atoms with Crippen LogP contribution in [0.25, 0.3) is 0 Å². The minimum atomic E-state index is 0.272. The highest BCUT2D eigenvalue weighted by Crippen LogP contribution is 2.15. The van der Waals surface area contributed by atoms with Gasteiger partial charge in [-0.05, 0) is 38.0 Å². The predicted octanol–water partition coefficient (Wildman–Crippen LogP) is 2.05. The molecular weight excluding hydrogens is 234 g/mol. The highest BCUT2D eigenvalue weighted by Gasteiger charge is 2.09. The Morgan fingerprint density at radius 1 is 0.722 bits per heavy atom. The molecule has 0 bridgehead atoms. The summed E-state index contributed by atoms with van der Waals surface area (Å²) in [6.45, 7) is 1.22. The number of unbranched alkanes of at least 4 members (excludes halogenated alkanes) is 1. The third-order valence-corrected chi connectivity index (χ3v) is 2.48. The standard InChI is InChI=1S/C12H17N3O3/c13-9-16-6-2-1-4-12(8-18-11-15)5-3-7-17-10-14/h12H,1-8H2. The topological polar surface area (TPSA) is 99.1 Å². The lowest BCUT2D eigenvalue weighted by atomic mass is 9.98. The maximum atomic E-state index is 8.37. The van der Waals surface area contributed by atoms with Crippen molar-refractivity contribution in [1.29, 1.82) is 15.8 Å². The molecule has 0 amide bonds. The van der Waals surface area contributed by atoms with Gasteiger partial charge in [0.1, 0.15) is 19.8 Å². The number of rotatable bonds is 11. The van der Waals surface area contributed by atoms with Crippen molar-refractivity contribution in [2.75, 3.05) is 19.8 Å². The highest BCUT2D eigenvalue weighted by molar-refractivity contribution is 4.63. The molecule has 0 aliphatic carbocycles. The summed E-state index contributed by atoms with van der Waals surface area (Å²) in [6.07, 6.45) is 9.15. The molecule has 6 heteroatoms. The van der Waals surface area contributed by atoms with Gasteiger partial charge in [0.2, 0.25) is 0 Å². The van der Waals surface area contributed by atoms with E-state index in [-0.39, 0.29) is 5.92 Å². The normalized spacial score (nSPS) is 10.5. The minimum absolute atomic E-state index is 0.272. The van der Waals surface area contributed by atoms with Crippen molar-refractivity contribution in [3.05, 3.63) is 0 Å². The zero-order chi connectivity index (χ0) is 13.5. The first-order valence-electron chi connectivity index (χ1n) is 5.87. The Balaban J connectivity index is 3.68. The fourth-order valence-corrected chi connectivity index (χ4v) is 1.61. The molecule has 0 aromatic rings. The molecule has 0 fully saturated rings. The zero-order valence-corrected chi connectivity index (χ0v) is 10.3. The second kappa shape index (κ2) is 12.9. The van der Waals surface area contributed by atoms with Gasteiger partial charge in [0.05, 0.1) is 0 Å². The first kappa shape index (κ1) is 15.9. The van der Waals surface area contributed by atoms with E-state index in [1.807, 2.05) is 0 Å². The lowest BCUT2D eigenvalue weighted by Crippen LogP contribution is -2.09. The van der Waals surface area contributed by atoms with Gasteiger partial charge >= 0.3 is 0 Å². The van der Waals surface area contributed by atoms with Crippen LogP contribution in [0.15, 0.2) is 0 Å². The van der Waals surface area contributed by atoms with Gasteiger partial charge in [-0.25, -0.2) is 0 Å². The lowest BCUT2D eigenvalue weighted by Gasteiger charge is -2.14. The molecular formula is C12H17N3O3. The van der Waals surface area contributed by atoms with Crippen molar-refractivity contribution in [2.45, 2.75) is 32.1 Å². The van der Waals surface area contributed by atoms with Crippen LogP contribution in [0.4, 0.5) is 0 Å². The summed E-state index contributed by atoms with van der Waals surface area (Å²) in [4.78, 5) is 0. The van der Waals surface area contributed by atoms with Gasteiger partial charge in [-0.2, -0.15) is 15.8 Å². The van der Waals surface area contributed by atoms with Crippen molar-refractivity contribution in [2.24, 2.45) is 5.92 Å². The average Bonchev–Trinajstić information content (AvgIpc) is 2.39. The van der Waals surface area contributed by atoms with Crippen LogP contribution in [0, 0.1) is 40.5 Å². The molecule has 0 spiro atoms. The summed E-state index contributed by atoms with van der Waals surface area (Å²) in [5.41, 5.74) is 0. The third kappa shape index (κ3) is 10.4. The van der Waals surface area contributed by atoms with Gasteiger partial charge in [-0.1, -0.05) is 0 Å². The quantitative estimate of drug-likeness (QED) is 0.411. The number of hydrogen-bond donors (Lipinski definition) is 0. The van der Waals surface area contributed by atoms with Crippen molar-refractivity contribution in [3.8, 4) is 18.8 Å². The van der Waals surface area contributed by atoms with Crippen LogP contribution in [0.3, 0.4) is 0 Å². The van der Waals surface area contributed by atoms with Crippen LogP contribution in [0.1, 0.15) is 32.1 Å². The van der Waals surface area contributed by atoms with Gasteiger partial charge in [-0.15, -0.1) is 0 Å². The molecule has 0 rings (SSSR count). The van der Waals surface area contributed by atoms with Crippen LogP contribution in [-0.2, 0) is 14.2 Å². The minimum Gasteiger partial charge on any atom is -0.428 e. The fourth-order valence-electron chi connectivity index (χ4n) is 1.61. The monoisotopic (exact) mass is 251 g/mol. The number of ether oxygens (including phenoxy) is 3. The van der Waals surface area contributed by atoms with E-state index >= 15 is 0 Å². The van der Waals surface area contributed by atoms with Crippen LogP contribution >= 0.6 is 0 Å². The zero-order valence-electron chi connectivity index (χ0n) is 10.3. The molecule has 18 heavy (non-hydrogen) atoms. The average molecular weight is 251 g/mol. The largest absolute Gasteiger partial charge is 0.428 e. The summed E-state index contributed by atoms with van der Waals surface area (Å²) in [5.74, 6) is 0.272. The molecule has 0 N–H and O–H groups in total. The van der Waals surface area contributed by atoms with Crippen molar-refractivity contribution >= 4 is 0 Å². The summed E-state index contributed by atoms with van der Waals surface area (Å²) >= 11 is 0. The van der Waals surface area contributed by atoms with E-state index in [0.29, 0.717) is 19.8 Å². The summed E-state index contributed by atoms with van der Waals surface area (Å²) in [6, 6.07) is 0. The second-order valence-electron chi connectivity index (χ2n) is 3.79. The molecule has 0 aromatic heterocycles. The van der Waals surface area contributed by atoms with Gasteiger partial charge in [0, 0.05) is 0 Å². The number of nitriles is 3. The second-order valence-corrected chi connectivity index (χ2v) is 3.79. The Hall–Kier alpha value is -2.13. The van der Waals surface area contributed by atoms with Crippen molar-refractivity contribution < 1.29 is 14.2 Å². The predicted molar refractivity (Wildman–Crippen MR) is 61.3 cm³/mol. The molecule has 0 aromatic carbocycles. The summed E-state index contributed by atoms with van der Waals surface area (Å²) in [5, 5.41) is 24.8. The maximum absolute atomic E-state index is 8.37. The van der Waals surface area contributed by atoms with Crippen molar-refractivity contribution in [3.63, 3.8) is 0 Å². The van der Waals surface area contributed by atoms with Crippen LogP contribution in [0.5, 0.6) is 0 Å². The van der Waals surface area contributed by atoms with Gasteiger partial charge in [0.25, 0.3) is 18.8 Å². The Bertz CT molecular complexity index is 314. The lowest BCUT2D eigenvalue weighted by molar-refractivity contribution is 0.176. The smallest absolute Gasteiger partial charge is 0.286 e. The number of nitrogens with zero attached hydrogens (tertiary/aromatic N) is 3. The van der Waals surface area contributed by atoms with Gasteiger partial charge in [0.15, 0.2) is 0 Å². The molecule has 0 aliphatic rings. The molecule has 0 aliphatic heterocycles. The Morgan fingerprint density at radius 3 is 1.89 bits per heavy atom. The summed E-state index contributed by atoms with van der Waals surface area (Å²) < 4.78 is 13.9. The Morgan fingerprint density at radius 2 is 1.28 bits per heavy atom. The number of hydrogen-bond acceptors (Lipinski definition) is 6. The van der Waals surface area contributed by atoms with E-state index < -0.39 is 0 Å². The molecule has 6 nitrogen and oxygen atoms in total. The summed E-state index contributed by atoms with van der Waals surface area (Å²) in [7, 11) is 0. The SMILES string of the molecule is N#COCCCCC(CCCOC#N)COC#N. The van der Waals surface area contributed by atoms with E-state index in [4.69, 9.17) is 20.5 Å². The van der Waals surface area contributed by atoms with Crippen LogP contribution < -0.4 is 0 Å². The van der Waals surface area contributed by atoms with Gasteiger partial charge in [-0.3, -0.25) is 0 Å². The molecule has 0 radical (unpaired) electrons. The molecule has 1 unspecified atom stereocenters. The molecule has 0 saturated heterocycles. The van der Waals surface area contributed by atoms with E-state index in [9.17, 15) is 0 Å². The molecule has 0 heterocycles. The van der Waals surface area contributed by atoms with E-state index in [0.717, 1.165) is 32.1 Å². The third-order valence-electron chi connectivity index (χ3n) is 2.48. The van der Waals surface area contributed by atoms with Gasteiger partial charge < -0.3 is 14.2 Å². The van der Waals surface area contributed by atoms with E-state index in [2.05, 4.69) is 9.47 Å². The molecule has 1 atom stereocenters. The Kier molecular flexibility index (Phi) is 11.4. The first-order chi connectivity index (χ1) is 8.85. The van der Waals surface area contributed by atoms with Crippen molar-refractivity contribution in [1.82, 2.24) is 0 Å². The van der Waals surface area contributed by atoms with Crippen LogP contribution in [0.2, 0.25) is 0 Å². The molecule has 98 valence electrons. The van der Waals surface area contributed by atoms with E-state index in [1.165, 1.54) is 0 Å². The maximum Gasteiger partial charge on any atom is 0.286 e. The van der Waals surface area contributed by atoms with Crippen LogP contribution in [-0.4, -0.2) is 19.8 Å². The van der Waals surface area contributed by atoms with E-state index in [1.54, 1.807) is 18.8 Å². The molecule has 0 saturated carbocycles. The fraction of sp³-hybridized carbons (Fsp3) is 0.750. The Labute approximate surface area is 107 Å². The first-order valence-corrected chi connectivity index (χ1v) is 5.87.